The summed E-state index contributed by atoms with van der Waals surface area (Å²) in [6.07, 6.45) is 2.43. The zero-order chi connectivity index (χ0) is 12.9. The molecule has 0 atom stereocenters. The van der Waals surface area contributed by atoms with Crippen LogP contribution in [0.3, 0.4) is 0 Å². The summed E-state index contributed by atoms with van der Waals surface area (Å²) >= 11 is 0. The van der Waals surface area contributed by atoms with Crippen LogP contribution < -0.4 is 5.32 Å². The first-order chi connectivity index (χ1) is 7.94. The maximum atomic E-state index is 3.45. The number of aryl methyl sites for hydroxylation is 3. The molecule has 1 aromatic rings. The molecule has 1 rings (SSSR count). The molecule has 0 radical (unpaired) electrons. The van der Waals surface area contributed by atoms with Gasteiger partial charge in [0.2, 0.25) is 0 Å². The van der Waals surface area contributed by atoms with Gasteiger partial charge in [-0.2, -0.15) is 0 Å². The predicted molar refractivity (Wildman–Crippen MR) is 76.6 cm³/mol. The Bertz CT molecular complexity index is 353. The third kappa shape index (κ3) is 4.91. The van der Waals surface area contributed by atoms with Gasteiger partial charge in [0.25, 0.3) is 0 Å². The van der Waals surface area contributed by atoms with Crippen molar-refractivity contribution in [3.63, 3.8) is 0 Å². The van der Waals surface area contributed by atoms with Gasteiger partial charge in [-0.15, -0.1) is 0 Å². The van der Waals surface area contributed by atoms with Crippen LogP contribution in [0.4, 0.5) is 0 Å². The Hall–Kier alpha value is -0.820. The fourth-order valence-electron chi connectivity index (χ4n) is 2.15. The van der Waals surface area contributed by atoms with Crippen LogP contribution in [0, 0.1) is 19.3 Å². The standard InChI is InChI=1S/C16H27N/c1-6-17-12-16(4,5)10-9-15-8-7-13(2)11-14(15)3/h7-8,11,17H,6,9-10,12H2,1-5H3. The Morgan fingerprint density at radius 2 is 1.88 bits per heavy atom. The number of nitrogens with one attached hydrogen (secondary N) is 1. The summed E-state index contributed by atoms with van der Waals surface area (Å²) in [5, 5.41) is 3.45. The molecule has 0 aromatic heterocycles. The van der Waals surface area contributed by atoms with Crippen molar-refractivity contribution in [2.24, 2.45) is 5.41 Å². The molecule has 0 spiro atoms. The van der Waals surface area contributed by atoms with Crippen molar-refractivity contribution in [3.8, 4) is 0 Å². The van der Waals surface area contributed by atoms with E-state index >= 15 is 0 Å². The van der Waals surface area contributed by atoms with Crippen LogP contribution in [0.2, 0.25) is 0 Å². The zero-order valence-electron chi connectivity index (χ0n) is 12.1. The van der Waals surface area contributed by atoms with E-state index in [1.165, 1.54) is 29.5 Å². The van der Waals surface area contributed by atoms with Crippen molar-refractivity contribution in [2.45, 2.75) is 47.5 Å². The van der Waals surface area contributed by atoms with Gasteiger partial charge in [0, 0.05) is 6.54 Å². The molecule has 0 aliphatic heterocycles. The minimum atomic E-state index is 0.382. The lowest BCUT2D eigenvalue weighted by Gasteiger charge is -2.25. The summed E-state index contributed by atoms with van der Waals surface area (Å²) in [5.41, 5.74) is 4.68. The smallest absolute Gasteiger partial charge is 0.000251 e. The highest BCUT2D eigenvalue weighted by atomic mass is 14.9. The van der Waals surface area contributed by atoms with Gasteiger partial charge in [0.1, 0.15) is 0 Å². The summed E-state index contributed by atoms with van der Waals surface area (Å²) in [7, 11) is 0. The number of rotatable bonds is 6. The average molecular weight is 233 g/mol. The summed E-state index contributed by atoms with van der Waals surface area (Å²) in [4.78, 5) is 0. The van der Waals surface area contributed by atoms with Crippen molar-refractivity contribution >= 4 is 0 Å². The van der Waals surface area contributed by atoms with Crippen LogP contribution in [0.25, 0.3) is 0 Å². The summed E-state index contributed by atoms with van der Waals surface area (Å²) in [6.45, 7) is 13.4. The molecule has 0 saturated heterocycles. The molecule has 0 heterocycles. The second kappa shape index (κ2) is 6.20. The SMILES string of the molecule is CCNCC(C)(C)CCc1ccc(C)cc1C. The van der Waals surface area contributed by atoms with Crippen molar-refractivity contribution in [3.05, 3.63) is 34.9 Å². The van der Waals surface area contributed by atoms with Crippen molar-refractivity contribution < 1.29 is 0 Å². The van der Waals surface area contributed by atoms with Gasteiger partial charge in [-0.1, -0.05) is 44.5 Å². The van der Waals surface area contributed by atoms with Crippen LogP contribution in [-0.4, -0.2) is 13.1 Å². The van der Waals surface area contributed by atoms with E-state index in [1.54, 1.807) is 0 Å². The van der Waals surface area contributed by atoms with E-state index < -0.39 is 0 Å². The van der Waals surface area contributed by atoms with E-state index in [0.29, 0.717) is 5.41 Å². The predicted octanol–water partition coefficient (Wildman–Crippen LogP) is 3.87. The van der Waals surface area contributed by atoms with E-state index in [0.717, 1.165) is 13.1 Å². The largest absolute Gasteiger partial charge is 0.316 e. The van der Waals surface area contributed by atoms with E-state index in [-0.39, 0.29) is 0 Å². The quantitative estimate of drug-likeness (QED) is 0.786. The van der Waals surface area contributed by atoms with E-state index in [4.69, 9.17) is 0 Å². The normalized spacial score (nSPS) is 11.8. The number of hydrogen-bond acceptors (Lipinski definition) is 1. The Morgan fingerprint density at radius 1 is 1.18 bits per heavy atom. The van der Waals surface area contributed by atoms with Crippen molar-refractivity contribution in [2.75, 3.05) is 13.1 Å². The van der Waals surface area contributed by atoms with Crippen LogP contribution in [0.5, 0.6) is 0 Å². The van der Waals surface area contributed by atoms with E-state index in [1.807, 2.05) is 0 Å². The van der Waals surface area contributed by atoms with Crippen LogP contribution in [0.15, 0.2) is 18.2 Å². The maximum absolute atomic E-state index is 3.45. The minimum Gasteiger partial charge on any atom is -0.316 e. The van der Waals surface area contributed by atoms with Gasteiger partial charge < -0.3 is 5.32 Å². The lowest BCUT2D eigenvalue weighted by molar-refractivity contribution is 0.317. The van der Waals surface area contributed by atoms with Gasteiger partial charge in [-0.25, -0.2) is 0 Å². The topological polar surface area (TPSA) is 12.0 Å². The third-order valence-electron chi connectivity index (χ3n) is 3.42. The van der Waals surface area contributed by atoms with Gasteiger partial charge >= 0.3 is 0 Å². The lowest BCUT2D eigenvalue weighted by Crippen LogP contribution is -2.29. The minimum absolute atomic E-state index is 0.382. The van der Waals surface area contributed by atoms with Crippen LogP contribution in [-0.2, 0) is 6.42 Å². The molecule has 0 unspecified atom stereocenters. The first-order valence-electron chi connectivity index (χ1n) is 6.71. The Kier molecular flexibility index (Phi) is 5.20. The van der Waals surface area contributed by atoms with Crippen molar-refractivity contribution in [1.29, 1.82) is 0 Å². The molecule has 1 nitrogen and oxygen atoms in total. The zero-order valence-corrected chi connectivity index (χ0v) is 12.1. The van der Waals surface area contributed by atoms with Gasteiger partial charge in [-0.3, -0.25) is 0 Å². The highest BCUT2D eigenvalue weighted by Crippen LogP contribution is 2.23. The first kappa shape index (κ1) is 14.2. The van der Waals surface area contributed by atoms with E-state index in [9.17, 15) is 0 Å². The highest BCUT2D eigenvalue weighted by Gasteiger charge is 2.17. The highest BCUT2D eigenvalue weighted by molar-refractivity contribution is 5.30. The maximum Gasteiger partial charge on any atom is 0.000251 e. The third-order valence-corrected chi connectivity index (χ3v) is 3.42. The van der Waals surface area contributed by atoms with Gasteiger partial charge in [-0.05, 0) is 49.8 Å². The summed E-state index contributed by atoms with van der Waals surface area (Å²) in [5.74, 6) is 0. The molecule has 0 aliphatic rings. The molecule has 1 heteroatoms. The van der Waals surface area contributed by atoms with Gasteiger partial charge in [0.05, 0.1) is 0 Å². The molecule has 0 aliphatic carbocycles. The lowest BCUT2D eigenvalue weighted by atomic mass is 9.85. The molecule has 0 saturated carbocycles. The Balaban J connectivity index is 2.54. The molecule has 0 bridgehead atoms. The summed E-state index contributed by atoms with van der Waals surface area (Å²) < 4.78 is 0. The summed E-state index contributed by atoms with van der Waals surface area (Å²) in [6, 6.07) is 6.79. The van der Waals surface area contributed by atoms with Crippen LogP contribution in [0.1, 0.15) is 43.9 Å². The molecule has 0 amide bonds. The monoisotopic (exact) mass is 233 g/mol. The molecule has 17 heavy (non-hydrogen) atoms. The molecular formula is C16H27N. The fourth-order valence-corrected chi connectivity index (χ4v) is 2.15. The molecule has 1 N–H and O–H groups in total. The second-order valence-electron chi connectivity index (χ2n) is 5.87. The fraction of sp³-hybridized carbons (Fsp3) is 0.625. The molecule has 96 valence electrons. The Labute approximate surface area is 107 Å². The Morgan fingerprint density at radius 3 is 2.47 bits per heavy atom. The number of benzene rings is 1. The molecule has 0 fully saturated rings. The average Bonchev–Trinajstić information content (AvgIpc) is 2.25. The van der Waals surface area contributed by atoms with Gasteiger partial charge in [0.15, 0.2) is 0 Å². The first-order valence-corrected chi connectivity index (χ1v) is 6.71. The second-order valence-corrected chi connectivity index (χ2v) is 5.87. The van der Waals surface area contributed by atoms with E-state index in [2.05, 4.69) is 58.1 Å². The number of hydrogen-bond donors (Lipinski definition) is 1. The molecule has 1 aromatic carbocycles. The van der Waals surface area contributed by atoms with Crippen LogP contribution >= 0.6 is 0 Å². The molecular weight excluding hydrogens is 206 g/mol. The van der Waals surface area contributed by atoms with Crippen molar-refractivity contribution in [1.82, 2.24) is 5.32 Å².